The number of halogens is 3. The van der Waals surface area contributed by atoms with Gasteiger partial charge in [0, 0.05) is 15.7 Å². The Morgan fingerprint density at radius 1 is 1.22 bits per heavy atom. The van der Waals surface area contributed by atoms with E-state index in [4.69, 9.17) is 20.9 Å². The summed E-state index contributed by atoms with van der Waals surface area (Å²) >= 11 is 12.9. The number of hydrogen-bond donors (Lipinski definition) is 1. The molecular weight excluding hydrogens is 564 g/mol. The summed E-state index contributed by atoms with van der Waals surface area (Å²) < 4.78 is 14.4. The molecule has 0 saturated heterocycles. The molecule has 0 atom stereocenters. The van der Waals surface area contributed by atoms with E-state index in [-0.39, 0.29) is 12.3 Å². The summed E-state index contributed by atoms with van der Waals surface area (Å²) in [4.78, 5) is 12.9. The number of rotatable bonds is 7. The molecule has 0 aliphatic carbocycles. The number of carbonyl (C=O) groups is 1. The van der Waals surface area contributed by atoms with Crippen molar-refractivity contribution in [3.05, 3.63) is 91.3 Å². The average molecular weight is 581 g/mol. The molecule has 0 aliphatic heterocycles. The molecule has 0 aliphatic rings. The molecule has 32 heavy (non-hydrogen) atoms. The normalized spacial score (nSPS) is 10.9. The number of benzene rings is 2. The van der Waals surface area contributed by atoms with Gasteiger partial charge in [-0.1, -0.05) is 50.9 Å². The Morgan fingerprint density at radius 3 is 2.75 bits per heavy atom. The number of nitrogens with zero attached hydrogens (tertiary/aromatic N) is 3. The molecule has 164 valence electrons. The molecule has 4 rings (SSSR count). The summed E-state index contributed by atoms with van der Waals surface area (Å²) in [5.74, 6) is 1.02. The molecule has 2 aromatic carbocycles. The maximum Gasteiger partial charge on any atom is 0.279 e. The Morgan fingerprint density at radius 2 is 2.00 bits per heavy atom. The van der Waals surface area contributed by atoms with E-state index in [0.29, 0.717) is 38.9 Å². The lowest BCUT2D eigenvalue weighted by atomic mass is 10.2. The highest BCUT2D eigenvalue weighted by Gasteiger charge is 2.22. The first kappa shape index (κ1) is 22.6. The number of anilines is 1. The molecule has 0 unspecified atom stereocenters. The summed E-state index contributed by atoms with van der Waals surface area (Å²) in [6, 6.07) is 15.0. The van der Waals surface area contributed by atoms with Crippen LogP contribution in [-0.2, 0) is 13.2 Å². The van der Waals surface area contributed by atoms with Crippen LogP contribution in [-0.4, -0.2) is 20.8 Å². The van der Waals surface area contributed by atoms with Crippen molar-refractivity contribution in [3.8, 4) is 5.75 Å². The van der Waals surface area contributed by atoms with Gasteiger partial charge in [0.05, 0.1) is 16.6 Å². The maximum absolute atomic E-state index is 12.9. The first-order valence-electron chi connectivity index (χ1n) is 9.51. The largest absolute Gasteiger partial charge is 0.489 e. The zero-order chi connectivity index (χ0) is 22.7. The van der Waals surface area contributed by atoms with E-state index in [1.165, 1.54) is 0 Å². The molecule has 4 aromatic rings. The third-order valence-electron chi connectivity index (χ3n) is 4.59. The highest BCUT2D eigenvalue weighted by atomic mass is 79.9. The summed E-state index contributed by atoms with van der Waals surface area (Å²) in [7, 11) is 0. The standard InChI is InChI=1S/C22H17Br2ClN4O3/c1-13-18(12-31-17-4-2-3-16(25)9-17)20(28-32-13)22(30)26-21-19(24)11-29(27-21)10-14-5-7-15(23)8-6-14/h2-9,11H,10,12H2,1H3,(H,26,27,30). The van der Waals surface area contributed by atoms with Gasteiger partial charge in [-0.05, 0) is 58.7 Å². The van der Waals surface area contributed by atoms with E-state index < -0.39 is 5.91 Å². The van der Waals surface area contributed by atoms with E-state index in [9.17, 15) is 4.79 Å². The van der Waals surface area contributed by atoms with Crippen molar-refractivity contribution in [2.75, 3.05) is 5.32 Å². The molecule has 7 nitrogen and oxygen atoms in total. The van der Waals surface area contributed by atoms with Gasteiger partial charge >= 0.3 is 0 Å². The highest BCUT2D eigenvalue weighted by Crippen LogP contribution is 2.24. The van der Waals surface area contributed by atoms with Crippen molar-refractivity contribution in [3.63, 3.8) is 0 Å². The van der Waals surface area contributed by atoms with Crippen LogP contribution in [0.5, 0.6) is 5.75 Å². The van der Waals surface area contributed by atoms with E-state index in [1.807, 2.05) is 24.3 Å². The number of hydrogen-bond acceptors (Lipinski definition) is 5. The Balaban J connectivity index is 1.46. The van der Waals surface area contributed by atoms with Gasteiger partial charge in [0.2, 0.25) is 0 Å². The van der Waals surface area contributed by atoms with Gasteiger partial charge in [-0.15, -0.1) is 0 Å². The van der Waals surface area contributed by atoms with E-state index in [1.54, 1.807) is 42.1 Å². The second kappa shape index (κ2) is 9.89. The van der Waals surface area contributed by atoms with Crippen LogP contribution in [0.4, 0.5) is 5.82 Å². The van der Waals surface area contributed by atoms with Gasteiger partial charge in [-0.25, -0.2) is 0 Å². The summed E-state index contributed by atoms with van der Waals surface area (Å²) in [5, 5.41) is 11.7. The Kier molecular flexibility index (Phi) is 6.98. The topological polar surface area (TPSA) is 82.2 Å². The van der Waals surface area contributed by atoms with Crippen molar-refractivity contribution in [2.24, 2.45) is 0 Å². The van der Waals surface area contributed by atoms with Crippen LogP contribution in [0.15, 0.2) is 68.2 Å². The van der Waals surface area contributed by atoms with Crippen molar-refractivity contribution >= 4 is 55.2 Å². The van der Waals surface area contributed by atoms with Crippen LogP contribution in [0.25, 0.3) is 0 Å². The van der Waals surface area contributed by atoms with Gasteiger partial charge in [0.1, 0.15) is 18.1 Å². The van der Waals surface area contributed by atoms with Gasteiger partial charge in [0.15, 0.2) is 11.5 Å². The number of carbonyl (C=O) groups excluding carboxylic acids is 1. The zero-order valence-corrected chi connectivity index (χ0v) is 20.7. The first-order valence-corrected chi connectivity index (χ1v) is 11.5. The highest BCUT2D eigenvalue weighted by molar-refractivity contribution is 9.10. The van der Waals surface area contributed by atoms with E-state index in [2.05, 4.69) is 47.4 Å². The maximum atomic E-state index is 12.9. The predicted molar refractivity (Wildman–Crippen MR) is 128 cm³/mol. The first-order chi connectivity index (χ1) is 15.4. The summed E-state index contributed by atoms with van der Waals surface area (Å²) in [6.07, 6.45) is 1.80. The van der Waals surface area contributed by atoms with Gasteiger partial charge < -0.3 is 14.6 Å². The molecular formula is C22H17Br2ClN4O3. The second-order valence-electron chi connectivity index (χ2n) is 6.92. The van der Waals surface area contributed by atoms with Crippen molar-refractivity contribution in [1.82, 2.24) is 14.9 Å². The quantitative estimate of drug-likeness (QED) is 0.280. The minimum absolute atomic E-state index is 0.109. The third kappa shape index (κ3) is 5.40. The predicted octanol–water partition coefficient (Wildman–Crippen LogP) is 6.24. The fourth-order valence-electron chi connectivity index (χ4n) is 2.96. The fraction of sp³-hybridized carbons (Fsp3) is 0.136. The van der Waals surface area contributed by atoms with Gasteiger partial charge in [-0.2, -0.15) is 5.10 Å². The fourth-order valence-corrected chi connectivity index (χ4v) is 3.82. The lowest BCUT2D eigenvalue weighted by Gasteiger charge is -2.07. The number of amides is 1. The SMILES string of the molecule is Cc1onc(C(=O)Nc2nn(Cc3ccc(Br)cc3)cc2Br)c1COc1cccc(Cl)c1. The minimum Gasteiger partial charge on any atom is -0.489 e. The van der Waals surface area contributed by atoms with E-state index >= 15 is 0 Å². The Bertz CT molecular complexity index is 1250. The second-order valence-corrected chi connectivity index (χ2v) is 9.12. The molecule has 10 heteroatoms. The molecule has 1 amide bonds. The number of aryl methyl sites for hydroxylation is 1. The van der Waals surface area contributed by atoms with Crippen LogP contribution < -0.4 is 10.1 Å². The van der Waals surface area contributed by atoms with Crippen molar-refractivity contribution in [2.45, 2.75) is 20.1 Å². The molecule has 0 bridgehead atoms. The van der Waals surface area contributed by atoms with Crippen LogP contribution in [0.3, 0.4) is 0 Å². The lowest BCUT2D eigenvalue weighted by molar-refractivity contribution is 0.101. The average Bonchev–Trinajstić information content (AvgIpc) is 3.30. The number of aromatic nitrogens is 3. The zero-order valence-electron chi connectivity index (χ0n) is 16.8. The van der Waals surface area contributed by atoms with Crippen molar-refractivity contribution in [1.29, 1.82) is 0 Å². The third-order valence-corrected chi connectivity index (χ3v) is 5.93. The molecule has 0 radical (unpaired) electrons. The van der Waals surface area contributed by atoms with E-state index in [0.717, 1.165) is 10.0 Å². The van der Waals surface area contributed by atoms with Crippen LogP contribution in [0.2, 0.25) is 5.02 Å². The molecule has 2 heterocycles. The summed E-state index contributed by atoms with van der Waals surface area (Å²) in [5.41, 5.74) is 1.76. The Labute approximate surface area is 205 Å². The minimum atomic E-state index is -0.443. The molecule has 1 N–H and O–H groups in total. The monoisotopic (exact) mass is 578 g/mol. The molecule has 0 saturated carbocycles. The van der Waals surface area contributed by atoms with Crippen LogP contribution >= 0.6 is 43.5 Å². The van der Waals surface area contributed by atoms with Crippen LogP contribution in [0.1, 0.15) is 27.4 Å². The number of nitrogens with one attached hydrogen (secondary N) is 1. The van der Waals surface area contributed by atoms with Gasteiger partial charge in [0.25, 0.3) is 5.91 Å². The lowest BCUT2D eigenvalue weighted by Crippen LogP contribution is -2.16. The molecule has 0 fully saturated rings. The van der Waals surface area contributed by atoms with Crippen LogP contribution in [0, 0.1) is 6.92 Å². The summed E-state index contributed by atoms with van der Waals surface area (Å²) in [6.45, 7) is 2.39. The van der Waals surface area contributed by atoms with Gasteiger partial charge in [-0.3, -0.25) is 9.48 Å². The Hall–Kier alpha value is -2.62. The molecule has 2 aromatic heterocycles. The molecule has 0 spiro atoms. The smallest absolute Gasteiger partial charge is 0.279 e. The number of ether oxygens (including phenoxy) is 1. The van der Waals surface area contributed by atoms with Crippen molar-refractivity contribution < 1.29 is 14.1 Å².